The molecule has 0 bridgehead atoms. The van der Waals surface area contributed by atoms with E-state index in [1.807, 2.05) is 0 Å². The molecule has 3 amide bonds. The predicted octanol–water partition coefficient (Wildman–Crippen LogP) is 0.635. The van der Waals surface area contributed by atoms with E-state index in [4.69, 9.17) is 0 Å². The third-order valence-electron chi connectivity index (χ3n) is 3.17. The summed E-state index contributed by atoms with van der Waals surface area (Å²) in [4.78, 5) is 35.5. The standard InChI is InChI=1S/C13H14FN3O3/c1-15-9-6-8(14)2-3-10(9)17(7-18)11-4-5-12(19)16-13(11)20/h2-3,6-7,11,15H,4-5H2,1H3,(H,16,19,20). The molecule has 7 heteroatoms. The van der Waals surface area contributed by atoms with Gasteiger partial charge < -0.3 is 10.2 Å². The molecule has 6 nitrogen and oxygen atoms in total. The molecule has 20 heavy (non-hydrogen) atoms. The van der Waals surface area contributed by atoms with Gasteiger partial charge in [0.05, 0.1) is 11.4 Å². The van der Waals surface area contributed by atoms with Crippen LogP contribution in [0.15, 0.2) is 18.2 Å². The average molecular weight is 279 g/mol. The van der Waals surface area contributed by atoms with Crippen LogP contribution in [0.4, 0.5) is 15.8 Å². The van der Waals surface area contributed by atoms with Gasteiger partial charge in [0, 0.05) is 13.5 Å². The van der Waals surface area contributed by atoms with Crippen molar-refractivity contribution in [2.75, 3.05) is 17.3 Å². The number of halogens is 1. The number of rotatable bonds is 4. The third kappa shape index (κ3) is 2.61. The molecule has 1 aromatic carbocycles. The molecule has 1 unspecified atom stereocenters. The summed E-state index contributed by atoms with van der Waals surface area (Å²) in [6.45, 7) is 0. The van der Waals surface area contributed by atoms with Gasteiger partial charge in [0.15, 0.2) is 0 Å². The number of anilines is 2. The quantitative estimate of drug-likeness (QED) is 0.626. The van der Waals surface area contributed by atoms with Crippen LogP contribution in [0.3, 0.4) is 0 Å². The Balaban J connectivity index is 2.35. The van der Waals surface area contributed by atoms with Crippen LogP contribution in [0.2, 0.25) is 0 Å². The minimum Gasteiger partial charge on any atom is -0.386 e. The maximum Gasteiger partial charge on any atom is 0.249 e. The minimum atomic E-state index is -0.775. The summed E-state index contributed by atoms with van der Waals surface area (Å²) >= 11 is 0. The van der Waals surface area contributed by atoms with E-state index in [2.05, 4.69) is 10.6 Å². The minimum absolute atomic E-state index is 0.164. The number of hydrogen-bond acceptors (Lipinski definition) is 4. The van der Waals surface area contributed by atoms with Crippen molar-refractivity contribution in [3.63, 3.8) is 0 Å². The molecule has 0 spiro atoms. The molecule has 1 aliphatic rings. The van der Waals surface area contributed by atoms with Gasteiger partial charge in [-0.15, -0.1) is 0 Å². The second kappa shape index (κ2) is 5.68. The molecule has 1 aromatic rings. The second-order valence-electron chi connectivity index (χ2n) is 4.39. The first-order chi connectivity index (χ1) is 9.56. The van der Waals surface area contributed by atoms with E-state index in [1.165, 1.54) is 23.1 Å². The molecular formula is C13H14FN3O3. The van der Waals surface area contributed by atoms with Crippen molar-refractivity contribution in [1.82, 2.24) is 5.32 Å². The van der Waals surface area contributed by atoms with Gasteiger partial charge in [-0.2, -0.15) is 0 Å². The second-order valence-corrected chi connectivity index (χ2v) is 4.39. The van der Waals surface area contributed by atoms with Crippen molar-refractivity contribution < 1.29 is 18.8 Å². The molecule has 1 saturated heterocycles. The first kappa shape index (κ1) is 14.0. The number of amides is 3. The molecular weight excluding hydrogens is 265 g/mol. The fraction of sp³-hybridized carbons (Fsp3) is 0.308. The zero-order valence-corrected chi connectivity index (χ0v) is 10.9. The topological polar surface area (TPSA) is 78.5 Å². The van der Waals surface area contributed by atoms with Crippen molar-refractivity contribution in [3.8, 4) is 0 Å². The Morgan fingerprint density at radius 1 is 1.45 bits per heavy atom. The Bertz CT molecular complexity index is 562. The fourth-order valence-electron chi connectivity index (χ4n) is 2.18. The van der Waals surface area contributed by atoms with Crippen molar-refractivity contribution in [1.29, 1.82) is 0 Å². The highest BCUT2D eigenvalue weighted by Gasteiger charge is 2.32. The number of imide groups is 1. The van der Waals surface area contributed by atoms with Crippen LogP contribution in [0.5, 0.6) is 0 Å². The fourth-order valence-corrected chi connectivity index (χ4v) is 2.18. The molecule has 0 aromatic heterocycles. The van der Waals surface area contributed by atoms with Crippen LogP contribution in [-0.2, 0) is 14.4 Å². The van der Waals surface area contributed by atoms with Crippen LogP contribution in [-0.4, -0.2) is 31.3 Å². The van der Waals surface area contributed by atoms with E-state index < -0.39 is 17.8 Å². The van der Waals surface area contributed by atoms with Gasteiger partial charge in [0.1, 0.15) is 11.9 Å². The molecule has 106 valence electrons. The molecule has 0 aliphatic carbocycles. The van der Waals surface area contributed by atoms with Crippen LogP contribution in [0.25, 0.3) is 0 Å². The van der Waals surface area contributed by atoms with Gasteiger partial charge in [-0.1, -0.05) is 0 Å². The van der Waals surface area contributed by atoms with Gasteiger partial charge in [0.25, 0.3) is 0 Å². The summed E-state index contributed by atoms with van der Waals surface area (Å²) in [6, 6.07) is 3.08. The number of carbonyl (C=O) groups is 3. The highest BCUT2D eigenvalue weighted by molar-refractivity contribution is 6.04. The molecule has 2 rings (SSSR count). The number of hydrogen-bond donors (Lipinski definition) is 2. The maximum atomic E-state index is 13.2. The number of carbonyl (C=O) groups excluding carboxylic acids is 3. The van der Waals surface area contributed by atoms with Crippen molar-refractivity contribution in [2.45, 2.75) is 18.9 Å². The third-order valence-corrected chi connectivity index (χ3v) is 3.17. The van der Waals surface area contributed by atoms with E-state index in [0.29, 0.717) is 17.8 Å². The SMILES string of the molecule is CNc1cc(F)ccc1N(C=O)C1CCC(=O)NC1=O. The van der Waals surface area contributed by atoms with E-state index in [-0.39, 0.29) is 18.7 Å². The van der Waals surface area contributed by atoms with Crippen LogP contribution in [0.1, 0.15) is 12.8 Å². The average Bonchev–Trinajstić information content (AvgIpc) is 2.43. The molecule has 1 atom stereocenters. The predicted molar refractivity (Wildman–Crippen MR) is 70.7 cm³/mol. The molecule has 1 fully saturated rings. The highest BCUT2D eigenvalue weighted by atomic mass is 19.1. The van der Waals surface area contributed by atoms with Gasteiger partial charge in [-0.3, -0.25) is 19.7 Å². The van der Waals surface area contributed by atoms with E-state index in [1.54, 1.807) is 7.05 Å². The smallest absolute Gasteiger partial charge is 0.249 e. The van der Waals surface area contributed by atoms with Crippen molar-refractivity contribution in [2.24, 2.45) is 0 Å². The van der Waals surface area contributed by atoms with E-state index in [0.717, 1.165) is 0 Å². The summed E-state index contributed by atoms with van der Waals surface area (Å²) in [7, 11) is 1.59. The Kier molecular flexibility index (Phi) is 3.97. The monoisotopic (exact) mass is 279 g/mol. The van der Waals surface area contributed by atoms with Gasteiger partial charge in [0.2, 0.25) is 18.2 Å². The van der Waals surface area contributed by atoms with Crippen LogP contribution < -0.4 is 15.5 Å². The van der Waals surface area contributed by atoms with Crippen LogP contribution >= 0.6 is 0 Å². The highest BCUT2D eigenvalue weighted by Crippen LogP contribution is 2.29. The summed E-state index contributed by atoms with van der Waals surface area (Å²) in [6.07, 6.45) is 0.912. The molecule has 2 N–H and O–H groups in total. The molecule has 1 heterocycles. The summed E-state index contributed by atoms with van der Waals surface area (Å²) in [5, 5.41) is 4.96. The van der Waals surface area contributed by atoms with Crippen molar-refractivity contribution >= 4 is 29.6 Å². The van der Waals surface area contributed by atoms with Crippen molar-refractivity contribution in [3.05, 3.63) is 24.0 Å². The molecule has 1 aliphatic heterocycles. The first-order valence-corrected chi connectivity index (χ1v) is 6.11. The van der Waals surface area contributed by atoms with Gasteiger partial charge in [-0.05, 0) is 24.6 Å². The number of piperidine rings is 1. The lowest BCUT2D eigenvalue weighted by molar-refractivity contribution is -0.134. The summed E-state index contributed by atoms with van der Waals surface area (Å²) < 4.78 is 13.2. The normalized spacial score (nSPS) is 18.4. The Hall–Kier alpha value is -2.44. The summed E-state index contributed by atoms with van der Waals surface area (Å²) in [5.41, 5.74) is 0.778. The lowest BCUT2D eigenvalue weighted by atomic mass is 10.0. The largest absolute Gasteiger partial charge is 0.386 e. The van der Waals surface area contributed by atoms with Gasteiger partial charge >= 0.3 is 0 Å². The zero-order valence-electron chi connectivity index (χ0n) is 10.9. The number of nitrogens with one attached hydrogen (secondary N) is 2. The Labute approximate surface area is 114 Å². The van der Waals surface area contributed by atoms with E-state index in [9.17, 15) is 18.8 Å². The maximum absolute atomic E-state index is 13.2. The van der Waals surface area contributed by atoms with Crippen LogP contribution in [0, 0.1) is 5.82 Å². The number of nitrogens with zero attached hydrogens (tertiary/aromatic N) is 1. The summed E-state index contributed by atoms with van der Waals surface area (Å²) in [5.74, 6) is -1.34. The Morgan fingerprint density at radius 2 is 2.20 bits per heavy atom. The molecule has 0 radical (unpaired) electrons. The first-order valence-electron chi connectivity index (χ1n) is 6.11. The zero-order chi connectivity index (χ0) is 14.7. The lowest BCUT2D eigenvalue weighted by Gasteiger charge is -2.31. The lowest BCUT2D eigenvalue weighted by Crippen LogP contribution is -2.52. The Morgan fingerprint density at radius 3 is 2.80 bits per heavy atom. The van der Waals surface area contributed by atoms with Gasteiger partial charge in [-0.25, -0.2) is 4.39 Å². The molecule has 0 saturated carbocycles. The number of benzene rings is 1. The van der Waals surface area contributed by atoms with E-state index >= 15 is 0 Å².